The molecule has 0 amide bonds. The topological polar surface area (TPSA) is 52.8 Å². The third-order valence-electron chi connectivity index (χ3n) is 3.41. The Morgan fingerprint density at radius 1 is 1.44 bits per heavy atom. The summed E-state index contributed by atoms with van der Waals surface area (Å²) >= 11 is 5.87. The van der Waals surface area contributed by atoms with Crippen LogP contribution in [0.5, 0.6) is 0 Å². The van der Waals surface area contributed by atoms with Gasteiger partial charge in [-0.2, -0.15) is 0 Å². The van der Waals surface area contributed by atoms with Gasteiger partial charge in [0, 0.05) is 11.2 Å². The molecular weight excluding hydrogens is 250 g/mol. The molecule has 2 N–H and O–H groups in total. The van der Waals surface area contributed by atoms with Gasteiger partial charge in [0.2, 0.25) is 0 Å². The fourth-order valence-electron chi connectivity index (χ4n) is 2.28. The second kappa shape index (κ2) is 5.83. The lowest BCUT2D eigenvalue weighted by Gasteiger charge is -2.35. The van der Waals surface area contributed by atoms with E-state index in [9.17, 15) is 10.2 Å². The number of aliphatic imine (C=N–C) groups is 1. The zero-order chi connectivity index (χ0) is 13.0. The van der Waals surface area contributed by atoms with Crippen molar-refractivity contribution in [3.63, 3.8) is 0 Å². The molecule has 0 radical (unpaired) electrons. The average molecular weight is 268 g/mol. The normalized spacial score (nSPS) is 28.7. The predicted molar refractivity (Wildman–Crippen MR) is 73.3 cm³/mol. The van der Waals surface area contributed by atoms with E-state index in [0.29, 0.717) is 17.9 Å². The van der Waals surface area contributed by atoms with Crippen LogP contribution >= 0.6 is 11.6 Å². The van der Waals surface area contributed by atoms with Gasteiger partial charge in [0.25, 0.3) is 0 Å². The highest BCUT2D eigenvalue weighted by molar-refractivity contribution is 6.30. The van der Waals surface area contributed by atoms with Crippen molar-refractivity contribution in [2.24, 2.45) is 4.99 Å². The summed E-state index contributed by atoms with van der Waals surface area (Å²) in [5, 5.41) is 20.8. The van der Waals surface area contributed by atoms with Crippen molar-refractivity contribution in [1.29, 1.82) is 0 Å². The first-order valence-corrected chi connectivity index (χ1v) is 6.64. The molecule has 3 nitrogen and oxygen atoms in total. The Labute approximate surface area is 112 Å². The molecule has 2 atom stereocenters. The summed E-state index contributed by atoms with van der Waals surface area (Å²) in [6.45, 7) is 0.237. The van der Waals surface area contributed by atoms with Crippen LogP contribution < -0.4 is 0 Å². The van der Waals surface area contributed by atoms with E-state index in [-0.39, 0.29) is 6.54 Å². The highest BCUT2D eigenvalue weighted by Crippen LogP contribution is 2.28. The minimum absolute atomic E-state index is 0.237. The third-order valence-corrected chi connectivity index (χ3v) is 3.65. The van der Waals surface area contributed by atoms with E-state index in [0.717, 1.165) is 18.4 Å². The molecule has 1 fully saturated rings. The maximum atomic E-state index is 10.3. The van der Waals surface area contributed by atoms with Gasteiger partial charge in [-0.05, 0) is 30.5 Å². The molecule has 1 aliphatic carbocycles. The van der Waals surface area contributed by atoms with E-state index in [1.807, 2.05) is 18.2 Å². The summed E-state index contributed by atoms with van der Waals surface area (Å²) in [5.74, 6) is 0. The van der Waals surface area contributed by atoms with Crippen molar-refractivity contribution in [3.05, 3.63) is 34.9 Å². The fraction of sp³-hybridized carbons (Fsp3) is 0.500. The summed E-state index contributed by atoms with van der Waals surface area (Å²) < 4.78 is 0. The summed E-state index contributed by atoms with van der Waals surface area (Å²) in [7, 11) is 0. The van der Waals surface area contributed by atoms with Gasteiger partial charge in [-0.3, -0.25) is 4.99 Å². The van der Waals surface area contributed by atoms with Crippen LogP contribution in [0, 0.1) is 0 Å². The zero-order valence-corrected chi connectivity index (χ0v) is 11.0. The Bertz CT molecular complexity index is 436. The van der Waals surface area contributed by atoms with Crippen LogP contribution in [0.2, 0.25) is 5.02 Å². The van der Waals surface area contributed by atoms with Crippen molar-refractivity contribution in [2.45, 2.75) is 37.4 Å². The third kappa shape index (κ3) is 3.31. The molecule has 0 bridgehead atoms. The largest absolute Gasteiger partial charge is 0.390 e. The first-order chi connectivity index (χ1) is 8.60. The molecule has 1 aromatic carbocycles. The minimum atomic E-state index is -1.06. The SMILES string of the molecule is O[C@H]1CCCC[C@]1(O)CN=Cc1cccc(Cl)c1. The number of hydrogen-bond acceptors (Lipinski definition) is 3. The quantitative estimate of drug-likeness (QED) is 0.827. The van der Waals surface area contributed by atoms with Crippen LogP contribution in [0.1, 0.15) is 31.2 Å². The number of aliphatic hydroxyl groups is 2. The van der Waals surface area contributed by atoms with E-state index in [2.05, 4.69) is 4.99 Å². The number of aliphatic hydroxyl groups excluding tert-OH is 1. The first kappa shape index (κ1) is 13.5. The van der Waals surface area contributed by atoms with Gasteiger partial charge in [-0.15, -0.1) is 0 Å². The molecule has 0 unspecified atom stereocenters. The molecule has 1 aliphatic rings. The standard InChI is InChI=1S/C14H18ClNO2/c15-12-5-3-4-11(8-12)9-16-10-14(18)7-2-1-6-13(14)17/h3-5,8-9,13,17-18H,1-2,6-7,10H2/t13-,14-/m0/s1. The summed E-state index contributed by atoms with van der Waals surface area (Å²) in [6, 6.07) is 7.37. The van der Waals surface area contributed by atoms with Crippen molar-refractivity contribution >= 4 is 17.8 Å². The molecule has 0 aliphatic heterocycles. The van der Waals surface area contributed by atoms with Gasteiger partial charge in [0.15, 0.2) is 0 Å². The maximum Gasteiger partial charge on any atom is 0.110 e. The van der Waals surface area contributed by atoms with Gasteiger partial charge in [-0.1, -0.05) is 36.6 Å². The summed E-state index contributed by atoms with van der Waals surface area (Å²) in [5.41, 5.74) is -0.163. The van der Waals surface area contributed by atoms with Gasteiger partial charge in [0.1, 0.15) is 5.60 Å². The van der Waals surface area contributed by atoms with Crippen molar-refractivity contribution < 1.29 is 10.2 Å². The molecule has 18 heavy (non-hydrogen) atoms. The van der Waals surface area contributed by atoms with Crippen LogP contribution in [0.15, 0.2) is 29.3 Å². The Kier molecular flexibility index (Phi) is 4.38. The maximum absolute atomic E-state index is 10.3. The molecule has 1 saturated carbocycles. The molecule has 0 aromatic heterocycles. The number of benzene rings is 1. The second-order valence-electron chi connectivity index (χ2n) is 4.89. The number of nitrogens with zero attached hydrogens (tertiary/aromatic N) is 1. The monoisotopic (exact) mass is 267 g/mol. The molecule has 1 aromatic rings. The van der Waals surface area contributed by atoms with Gasteiger partial charge in [-0.25, -0.2) is 0 Å². The van der Waals surface area contributed by atoms with Gasteiger partial charge < -0.3 is 10.2 Å². The average Bonchev–Trinajstić information content (AvgIpc) is 2.33. The zero-order valence-electron chi connectivity index (χ0n) is 10.2. The van der Waals surface area contributed by atoms with Crippen LogP contribution in [0.3, 0.4) is 0 Å². The lowest BCUT2D eigenvalue weighted by Crippen LogP contribution is -2.47. The molecule has 0 heterocycles. The number of halogens is 1. The van der Waals surface area contributed by atoms with Crippen LogP contribution in [0.4, 0.5) is 0 Å². The number of hydrogen-bond donors (Lipinski definition) is 2. The molecular formula is C14H18ClNO2. The summed E-state index contributed by atoms with van der Waals surface area (Å²) in [4.78, 5) is 4.23. The van der Waals surface area contributed by atoms with Crippen molar-refractivity contribution in [1.82, 2.24) is 0 Å². The minimum Gasteiger partial charge on any atom is -0.390 e. The lowest BCUT2D eigenvalue weighted by molar-refractivity contribution is -0.0921. The Morgan fingerprint density at radius 2 is 2.28 bits per heavy atom. The Balaban J connectivity index is 1.98. The van der Waals surface area contributed by atoms with E-state index in [4.69, 9.17) is 11.6 Å². The molecule has 0 spiro atoms. The number of rotatable bonds is 3. The molecule has 0 saturated heterocycles. The summed E-state index contributed by atoms with van der Waals surface area (Å²) in [6.07, 6.45) is 4.21. The Hall–Kier alpha value is -0.900. The van der Waals surface area contributed by atoms with E-state index in [1.165, 1.54) is 0 Å². The second-order valence-corrected chi connectivity index (χ2v) is 5.33. The van der Waals surface area contributed by atoms with E-state index in [1.54, 1.807) is 12.3 Å². The smallest absolute Gasteiger partial charge is 0.110 e. The first-order valence-electron chi connectivity index (χ1n) is 6.26. The molecule has 4 heteroatoms. The van der Waals surface area contributed by atoms with Gasteiger partial charge in [0.05, 0.1) is 12.6 Å². The van der Waals surface area contributed by atoms with E-state index >= 15 is 0 Å². The van der Waals surface area contributed by atoms with Crippen molar-refractivity contribution in [3.8, 4) is 0 Å². The predicted octanol–water partition coefficient (Wildman–Crippen LogP) is 2.42. The molecule has 2 rings (SSSR count). The highest BCUT2D eigenvalue weighted by atomic mass is 35.5. The lowest BCUT2D eigenvalue weighted by atomic mass is 9.82. The Morgan fingerprint density at radius 3 is 3.00 bits per heavy atom. The van der Waals surface area contributed by atoms with Crippen LogP contribution in [0.25, 0.3) is 0 Å². The fourth-order valence-corrected chi connectivity index (χ4v) is 2.48. The van der Waals surface area contributed by atoms with Crippen LogP contribution in [-0.4, -0.2) is 34.7 Å². The van der Waals surface area contributed by atoms with Gasteiger partial charge >= 0.3 is 0 Å². The highest BCUT2D eigenvalue weighted by Gasteiger charge is 2.37. The molecule has 98 valence electrons. The van der Waals surface area contributed by atoms with Crippen LogP contribution in [-0.2, 0) is 0 Å². The van der Waals surface area contributed by atoms with Crippen molar-refractivity contribution in [2.75, 3.05) is 6.54 Å². The van der Waals surface area contributed by atoms with E-state index < -0.39 is 11.7 Å².